The second-order valence-electron chi connectivity index (χ2n) is 7.68. The molecule has 3 heterocycles. The first-order valence-corrected chi connectivity index (χ1v) is 11.7. The Morgan fingerprint density at radius 1 is 1.06 bits per heavy atom. The Morgan fingerprint density at radius 3 is 2.66 bits per heavy atom. The van der Waals surface area contributed by atoms with Crippen LogP contribution in [0, 0.1) is 0 Å². The third kappa shape index (κ3) is 3.71. The zero-order valence-electron chi connectivity index (χ0n) is 17.1. The molecule has 9 nitrogen and oxygen atoms in total. The molecule has 0 spiro atoms. The van der Waals surface area contributed by atoms with E-state index in [1.165, 1.54) is 6.07 Å². The van der Waals surface area contributed by atoms with Gasteiger partial charge in [0.15, 0.2) is 0 Å². The van der Waals surface area contributed by atoms with Crippen molar-refractivity contribution in [2.75, 3.05) is 36.3 Å². The van der Waals surface area contributed by atoms with Crippen molar-refractivity contribution < 1.29 is 27.2 Å². The Labute approximate surface area is 184 Å². The molecule has 1 aromatic heterocycles. The van der Waals surface area contributed by atoms with Gasteiger partial charge in [0.2, 0.25) is 11.7 Å². The summed E-state index contributed by atoms with van der Waals surface area (Å²) in [6, 6.07) is 11.4. The van der Waals surface area contributed by atoms with Gasteiger partial charge in [-0.3, -0.25) is 14.3 Å². The number of ether oxygens (including phenoxy) is 1. The summed E-state index contributed by atoms with van der Waals surface area (Å²) in [5, 5.41) is 3.24. The number of rotatable bonds is 4. The highest BCUT2D eigenvalue weighted by Crippen LogP contribution is 2.34. The number of aryl methyl sites for hydroxylation is 1. The molecule has 0 bridgehead atoms. The maximum Gasteiger partial charge on any atom is 0.291 e. The summed E-state index contributed by atoms with van der Waals surface area (Å²) >= 11 is 0. The van der Waals surface area contributed by atoms with Crippen LogP contribution in [-0.4, -0.2) is 51.4 Å². The van der Waals surface area contributed by atoms with Gasteiger partial charge in [0.25, 0.3) is 15.9 Å². The van der Waals surface area contributed by atoms with Crippen LogP contribution in [0.3, 0.4) is 0 Å². The third-order valence-electron chi connectivity index (χ3n) is 5.61. The van der Waals surface area contributed by atoms with Gasteiger partial charge >= 0.3 is 0 Å². The molecule has 166 valence electrons. The van der Waals surface area contributed by atoms with Crippen LogP contribution >= 0.6 is 0 Å². The van der Waals surface area contributed by atoms with E-state index in [-0.39, 0.29) is 22.3 Å². The fourth-order valence-electron chi connectivity index (χ4n) is 3.93. The maximum absolute atomic E-state index is 13.3. The highest BCUT2D eigenvalue weighted by molar-refractivity contribution is 7.92. The van der Waals surface area contributed by atoms with Crippen LogP contribution in [0.25, 0.3) is 11.0 Å². The van der Waals surface area contributed by atoms with E-state index < -0.39 is 15.9 Å². The zero-order valence-corrected chi connectivity index (χ0v) is 17.9. The molecular weight excluding hydrogens is 434 g/mol. The first kappa shape index (κ1) is 20.5. The number of benzene rings is 2. The number of nitrogens with zero attached hydrogens (tertiary/aromatic N) is 1. The van der Waals surface area contributed by atoms with Crippen molar-refractivity contribution >= 4 is 44.2 Å². The summed E-state index contributed by atoms with van der Waals surface area (Å²) in [4.78, 5) is 26.3. The van der Waals surface area contributed by atoms with Gasteiger partial charge in [0, 0.05) is 30.6 Å². The summed E-state index contributed by atoms with van der Waals surface area (Å²) < 4.78 is 40.2. The van der Waals surface area contributed by atoms with Crippen LogP contribution in [0.5, 0.6) is 0 Å². The van der Waals surface area contributed by atoms with Gasteiger partial charge in [-0.2, -0.15) is 0 Å². The first-order chi connectivity index (χ1) is 15.4. The number of sulfonamides is 1. The van der Waals surface area contributed by atoms with Crippen LogP contribution in [0.4, 0.5) is 11.4 Å². The van der Waals surface area contributed by atoms with Crippen LogP contribution in [0.15, 0.2) is 51.8 Å². The molecule has 0 saturated carbocycles. The van der Waals surface area contributed by atoms with Crippen LogP contribution in [0.1, 0.15) is 22.5 Å². The molecule has 2 N–H and O–H groups in total. The van der Waals surface area contributed by atoms with Gasteiger partial charge in [-0.15, -0.1) is 0 Å². The number of carbonyl (C=O) groups is 2. The normalized spacial score (nSPS) is 16.5. The lowest BCUT2D eigenvalue weighted by atomic mass is 10.0. The molecular formula is C22H21N3O6S. The minimum absolute atomic E-state index is 0.0439. The third-order valence-corrected chi connectivity index (χ3v) is 6.95. The second kappa shape index (κ2) is 7.95. The minimum atomic E-state index is -4.03. The van der Waals surface area contributed by atoms with Gasteiger partial charge in [0.1, 0.15) is 11.3 Å². The smallest absolute Gasteiger partial charge is 0.291 e. The van der Waals surface area contributed by atoms with E-state index in [4.69, 9.17) is 9.15 Å². The Bertz CT molecular complexity index is 1320. The van der Waals surface area contributed by atoms with Crippen LogP contribution < -0.4 is 10.0 Å². The van der Waals surface area contributed by atoms with Crippen molar-refractivity contribution in [3.8, 4) is 0 Å². The maximum atomic E-state index is 13.3. The van der Waals surface area contributed by atoms with Gasteiger partial charge in [-0.05, 0) is 42.3 Å². The number of fused-ring (bicyclic) bond motifs is 2. The van der Waals surface area contributed by atoms with E-state index in [1.807, 2.05) is 0 Å². The van der Waals surface area contributed by atoms with Crippen LogP contribution in [0.2, 0.25) is 0 Å². The predicted octanol–water partition coefficient (Wildman–Crippen LogP) is 2.59. The highest BCUT2D eigenvalue weighted by atomic mass is 32.2. The largest absolute Gasteiger partial charge is 0.449 e. The molecule has 2 aromatic carbocycles. The Hall–Kier alpha value is -3.37. The lowest BCUT2D eigenvalue weighted by Gasteiger charge is -2.26. The van der Waals surface area contributed by atoms with Crippen molar-refractivity contribution in [1.82, 2.24) is 4.90 Å². The Balaban J connectivity index is 1.53. The Morgan fingerprint density at radius 2 is 1.84 bits per heavy atom. The lowest BCUT2D eigenvalue weighted by Crippen LogP contribution is -2.40. The van der Waals surface area contributed by atoms with Gasteiger partial charge in [-0.25, -0.2) is 8.42 Å². The lowest BCUT2D eigenvalue weighted by molar-refractivity contribution is -0.116. The molecule has 1 saturated heterocycles. The average molecular weight is 455 g/mol. The fraction of sp³-hybridized carbons (Fsp3) is 0.273. The van der Waals surface area contributed by atoms with Crippen molar-refractivity contribution in [2.45, 2.75) is 17.7 Å². The highest BCUT2D eigenvalue weighted by Gasteiger charge is 2.29. The first-order valence-electron chi connectivity index (χ1n) is 10.3. The minimum Gasteiger partial charge on any atom is -0.449 e. The SMILES string of the molecule is O=C1CCc2cc(S(=O)(=O)Nc3c(C(=O)N4CCOCC4)oc4ccccc34)ccc2N1. The molecule has 0 aliphatic carbocycles. The van der Waals surface area contributed by atoms with Gasteiger partial charge < -0.3 is 19.4 Å². The molecule has 1 fully saturated rings. The molecule has 2 amide bonds. The van der Waals surface area contributed by atoms with Crippen molar-refractivity contribution in [3.05, 3.63) is 53.8 Å². The molecule has 0 radical (unpaired) electrons. The number of hydrogen-bond acceptors (Lipinski definition) is 6. The van der Waals surface area contributed by atoms with E-state index in [0.717, 1.165) is 5.56 Å². The van der Waals surface area contributed by atoms with E-state index >= 15 is 0 Å². The monoisotopic (exact) mass is 455 g/mol. The fourth-order valence-corrected chi connectivity index (χ4v) is 5.06. The summed E-state index contributed by atoms with van der Waals surface area (Å²) in [6.45, 7) is 1.63. The standard InChI is InChI=1S/C22H21N3O6S/c26-19-8-5-14-13-15(6-7-17(14)23-19)32(28,29)24-20-16-3-1-2-4-18(16)31-21(20)22(27)25-9-11-30-12-10-25/h1-4,6-7,13,24H,5,8-12H2,(H,23,26). The number of hydrogen-bond donors (Lipinski definition) is 2. The molecule has 10 heteroatoms. The molecule has 2 aliphatic heterocycles. The predicted molar refractivity (Wildman–Crippen MR) is 117 cm³/mol. The van der Waals surface area contributed by atoms with Crippen molar-refractivity contribution in [3.63, 3.8) is 0 Å². The molecule has 0 atom stereocenters. The number of morpholine rings is 1. The summed E-state index contributed by atoms with van der Waals surface area (Å²) in [7, 11) is -4.03. The second-order valence-corrected chi connectivity index (χ2v) is 9.36. The van der Waals surface area contributed by atoms with Gasteiger partial charge in [0.05, 0.1) is 18.1 Å². The van der Waals surface area contributed by atoms with E-state index in [1.54, 1.807) is 41.3 Å². The van der Waals surface area contributed by atoms with E-state index in [2.05, 4.69) is 10.0 Å². The van der Waals surface area contributed by atoms with Gasteiger partial charge in [-0.1, -0.05) is 12.1 Å². The molecule has 0 unspecified atom stereocenters. The Kier molecular flexibility index (Phi) is 5.10. The summed E-state index contributed by atoms with van der Waals surface area (Å²) in [5.74, 6) is -0.542. The molecule has 32 heavy (non-hydrogen) atoms. The summed E-state index contributed by atoms with van der Waals surface area (Å²) in [5.41, 5.74) is 1.88. The molecule has 5 rings (SSSR count). The molecule has 3 aromatic rings. The number of furan rings is 1. The topological polar surface area (TPSA) is 118 Å². The van der Waals surface area contributed by atoms with E-state index in [0.29, 0.717) is 55.8 Å². The van der Waals surface area contributed by atoms with Crippen molar-refractivity contribution in [2.24, 2.45) is 0 Å². The quantitative estimate of drug-likeness (QED) is 0.624. The zero-order chi connectivity index (χ0) is 22.3. The number of para-hydroxylation sites is 1. The average Bonchev–Trinajstić information content (AvgIpc) is 3.16. The number of amides is 2. The summed E-state index contributed by atoms with van der Waals surface area (Å²) in [6.07, 6.45) is 0.758. The van der Waals surface area contributed by atoms with Crippen molar-refractivity contribution in [1.29, 1.82) is 0 Å². The number of nitrogens with one attached hydrogen (secondary N) is 2. The number of anilines is 2. The van der Waals surface area contributed by atoms with Crippen LogP contribution in [-0.2, 0) is 26.0 Å². The van der Waals surface area contributed by atoms with E-state index in [9.17, 15) is 18.0 Å². The number of carbonyl (C=O) groups excluding carboxylic acids is 2. The molecule has 2 aliphatic rings.